The lowest BCUT2D eigenvalue weighted by molar-refractivity contribution is -0.307. The minimum atomic E-state index is -1.29. The normalized spacial score (nSPS) is 10.0. The van der Waals surface area contributed by atoms with E-state index in [-0.39, 0.29) is 5.91 Å². The maximum Gasteiger partial charge on any atom is 0.255 e. The van der Waals surface area contributed by atoms with E-state index in [1.807, 2.05) is 31.2 Å². The molecule has 22 heavy (non-hydrogen) atoms. The Morgan fingerprint density at radius 2 is 1.77 bits per heavy atom. The molecule has 0 heterocycles. The van der Waals surface area contributed by atoms with Gasteiger partial charge in [-0.2, -0.15) is 0 Å². The molecule has 2 aromatic carbocycles. The molecular formula is C17H16NO4-. The van der Waals surface area contributed by atoms with Crippen LogP contribution < -0.4 is 15.2 Å². The molecule has 0 saturated carbocycles. The molecule has 0 unspecified atom stereocenters. The Balaban J connectivity index is 2.05. The van der Waals surface area contributed by atoms with Crippen molar-refractivity contribution in [2.45, 2.75) is 13.3 Å². The highest BCUT2D eigenvalue weighted by molar-refractivity contribution is 6.04. The summed E-state index contributed by atoms with van der Waals surface area (Å²) in [5, 5.41) is 13.2. The number of anilines is 1. The summed E-state index contributed by atoms with van der Waals surface area (Å²) in [4.78, 5) is 22.5. The largest absolute Gasteiger partial charge is 0.546 e. The number of ether oxygens (including phenoxy) is 1. The van der Waals surface area contributed by atoms with Gasteiger partial charge in [0.15, 0.2) is 0 Å². The first-order chi connectivity index (χ1) is 10.6. The third-order valence-electron chi connectivity index (χ3n) is 3.12. The number of nitrogens with one attached hydrogen (secondary N) is 1. The monoisotopic (exact) mass is 298 g/mol. The average molecular weight is 298 g/mol. The Morgan fingerprint density at radius 3 is 2.41 bits per heavy atom. The maximum atomic E-state index is 12.2. The van der Waals surface area contributed by atoms with Gasteiger partial charge in [0.05, 0.1) is 5.97 Å². The van der Waals surface area contributed by atoms with E-state index >= 15 is 0 Å². The molecule has 0 aromatic heterocycles. The van der Waals surface area contributed by atoms with Crippen LogP contribution in [0.15, 0.2) is 48.5 Å². The third kappa shape index (κ3) is 4.09. The number of carboxylic acid groups (broad SMARTS) is 1. The number of rotatable bonds is 6. The van der Waals surface area contributed by atoms with E-state index in [2.05, 4.69) is 5.32 Å². The Hall–Kier alpha value is -2.82. The van der Waals surface area contributed by atoms with E-state index in [9.17, 15) is 14.7 Å². The number of hydrogen-bond acceptors (Lipinski definition) is 4. The maximum absolute atomic E-state index is 12.2. The molecule has 0 atom stereocenters. The van der Waals surface area contributed by atoms with Crippen molar-refractivity contribution in [2.75, 3.05) is 11.9 Å². The molecule has 0 radical (unpaired) electrons. The van der Waals surface area contributed by atoms with Gasteiger partial charge in [-0.05, 0) is 42.3 Å². The first kappa shape index (κ1) is 15.6. The molecule has 114 valence electrons. The quantitative estimate of drug-likeness (QED) is 0.879. The Bertz CT molecular complexity index is 665. The number of aliphatic carboxylic acids is 1. The van der Waals surface area contributed by atoms with E-state index in [0.717, 1.165) is 17.7 Å². The topological polar surface area (TPSA) is 78.5 Å². The zero-order valence-corrected chi connectivity index (χ0v) is 12.2. The van der Waals surface area contributed by atoms with Gasteiger partial charge in [-0.3, -0.25) is 4.79 Å². The van der Waals surface area contributed by atoms with Crippen molar-refractivity contribution in [2.24, 2.45) is 0 Å². The summed E-state index contributed by atoms with van der Waals surface area (Å²) >= 11 is 0. The van der Waals surface area contributed by atoms with Gasteiger partial charge < -0.3 is 20.0 Å². The zero-order chi connectivity index (χ0) is 15.9. The fourth-order valence-electron chi connectivity index (χ4n) is 1.99. The molecule has 0 aliphatic carbocycles. The Labute approximate surface area is 128 Å². The first-order valence-electron chi connectivity index (χ1n) is 6.92. The van der Waals surface area contributed by atoms with Gasteiger partial charge in [-0.25, -0.2) is 0 Å². The predicted molar refractivity (Wildman–Crippen MR) is 80.7 cm³/mol. The Kier molecular flexibility index (Phi) is 5.14. The number of carbonyl (C=O) groups is 2. The predicted octanol–water partition coefficient (Wildman–Crippen LogP) is 1.63. The zero-order valence-electron chi connectivity index (χ0n) is 12.2. The lowest BCUT2D eigenvalue weighted by Crippen LogP contribution is -2.28. The first-order valence-corrected chi connectivity index (χ1v) is 6.92. The van der Waals surface area contributed by atoms with E-state index in [1.165, 1.54) is 0 Å². The second kappa shape index (κ2) is 7.26. The molecular weight excluding hydrogens is 282 g/mol. The molecule has 2 rings (SSSR count). The third-order valence-corrected chi connectivity index (χ3v) is 3.12. The molecule has 2 aromatic rings. The summed E-state index contributed by atoms with van der Waals surface area (Å²) in [5.41, 5.74) is 2.31. The van der Waals surface area contributed by atoms with Crippen LogP contribution >= 0.6 is 0 Å². The molecule has 0 saturated heterocycles. The summed E-state index contributed by atoms with van der Waals surface area (Å²) in [7, 11) is 0. The summed E-state index contributed by atoms with van der Waals surface area (Å²) < 4.78 is 4.96. The smallest absolute Gasteiger partial charge is 0.255 e. The average Bonchev–Trinajstić information content (AvgIpc) is 2.54. The highest BCUT2D eigenvalue weighted by Crippen LogP contribution is 2.18. The number of carboxylic acids is 1. The van der Waals surface area contributed by atoms with Crippen molar-refractivity contribution in [3.63, 3.8) is 0 Å². The van der Waals surface area contributed by atoms with Crippen LogP contribution in [0.4, 0.5) is 5.69 Å². The summed E-state index contributed by atoms with van der Waals surface area (Å²) in [6, 6.07) is 13.9. The molecule has 0 aliphatic rings. The molecule has 0 bridgehead atoms. The van der Waals surface area contributed by atoms with Gasteiger partial charge in [-0.15, -0.1) is 0 Å². The van der Waals surface area contributed by atoms with Crippen LogP contribution in [0.3, 0.4) is 0 Å². The van der Waals surface area contributed by atoms with E-state index in [1.54, 1.807) is 24.3 Å². The SMILES string of the molecule is CCc1ccccc1NC(=O)c1ccc(OCC(=O)[O-])cc1. The lowest BCUT2D eigenvalue weighted by atomic mass is 10.1. The minimum Gasteiger partial charge on any atom is -0.546 e. The van der Waals surface area contributed by atoms with Gasteiger partial charge in [0.2, 0.25) is 0 Å². The van der Waals surface area contributed by atoms with Crippen LogP contribution in [0.2, 0.25) is 0 Å². The van der Waals surface area contributed by atoms with Gasteiger partial charge in [0.25, 0.3) is 5.91 Å². The molecule has 0 spiro atoms. The molecule has 5 nitrogen and oxygen atoms in total. The van der Waals surface area contributed by atoms with Gasteiger partial charge in [0, 0.05) is 11.3 Å². The van der Waals surface area contributed by atoms with Crippen LogP contribution in [0.25, 0.3) is 0 Å². The van der Waals surface area contributed by atoms with Gasteiger partial charge >= 0.3 is 0 Å². The number of amides is 1. The van der Waals surface area contributed by atoms with Gasteiger partial charge in [0.1, 0.15) is 12.4 Å². The second-order valence-electron chi connectivity index (χ2n) is 4.65. The summed E-state index contributed by atoms with van der Waals surface area (Å²) in [6.07, 6.45) is 0.826. The van der Waals surface area contributed by atoms with E-state index in [0.29, 0.717) is 11.3 Å². The fraction of sp³-hybridized carbons (Fsp3) is 0.176. The number of carbonyl (C=O) groups excluding carboxylic acids is 2. The number of benzene rings is 2. The van der Waals surface area contributed by atoms with E-state index < -0.39 is 12.6 Å². The fourth-order valence-corrected chi connectivity index (χ4v) is 1.99. The molecule has 1 N–H and O–H groups in total. The van der Waals surface area contributed by atoms with Crippen LogP contribution in [0.5, 0.6) is 5.75 Å². The second-order valence-corrected chi connectivity index (χ2v) is 4.65. The standard InChI is InChI=1S/C17H17NO4/c1-2-12-5-3-4-6-15(12)18-17(21)13-7-9-14(10-8-13)22-11-16(19)20/h3-10H,2,11H2,1H3,(H,18,21)(H,19,20)/p-1. The highest BCUT2D eigenvalue weighted by Gasteiger charge is 2.08. The molecule has 0 fully saturated rings. The van der Waals surface area contributed by atoms with Crippen molar-refractivity contribution >= 4 is 17.6 Å². The van der Waals surface area contributed by atoms with Gasteiger partial charge in [-0.1, -0.05) is 25.1 Å². The summed E-state index contributed by atoms with van der Waals surface area (Å²) in [6.45, 7) is 1.50. The molecule has 0 aliphatic heterocycles. The van der Waals surface area contributed by atoms with Crippen molar-refractivity contribution in [1.82, 2.24) is 0 Å². The lowest BCUT2D eigenvalue weighted by Gasteiger charge is -2.10. The number of aryl methyl sites for hydroxylation is 1. The highest BCUT2D eigenvalue weighted by atomic mass is 16.5. The van der Waals surface area contributed by atoms with Crippen molar-refractivity contribution in [1.29, 1.82) is 0 Å². The van der Waals surface area contributed by atoms with Crippen LogP contribution in [-0.2, 0) is 11.2 Å². The van der Waals surface area contributed by atoms with E-state index in [4.69, 9.17) is 4.74 Å². The number of hydrogen-bond donors (Lipinski definition) is 1. The molecule has 1 amide bonds. The molecule has 5 heteroatoms. The summed E-state index contributed by atoms with van der Waals surface area (Å²) in [5.74, 6) is -1.15. The van der Waals surface area contributed by atoms with Crippen molar-refractivity contribution < 1.29 is 19.4 Å². The van der Waals surface area contributed by atoms with Crippen molar-refractivity contribution in [3.8, 4) is 5.75 Å². The minimum absolute atomic E-state index is 0.229. The Morgan fingerprint density at radius 1 is 1.09 bits per heavy atom. The van der Waals surface area contributed by atoms with Crippen molar-refractivity contribution in [3.05, 3.63) is 59.7 Å². The van der Waals surface area contributed by atoms with Crippen LogP contribution in [-0.4, -0.2) is 18.5 Å². The van der Waals surface area contributed by atoms with Crippen LogP contribution in [0, 0.1) is 0 Å². The van der Waals surface area contributed by atoms with Crippen LogP contribution in [0.1, 0.15) is 22.8 Å². The number of para-hydroxylation sites is 1.